The Morgan fingerprint density at radius 3 is 3.10 bits per heavy atom. The van der Waals surface area contributed by atoms with Gasteiger partial charge in [-0.25, -0.2) is 0 Å². The summed E-state index contributed by atoms with van der Waals surface area (Å²) in [6, 6.07) is 8.58. The highest BCUT2D eigenvalue weighted by molar-refractivity contribution is 5.87. The van der Waals surface area contributed by atoms with E-state index in [4.69, 9.17) is 6.42 Å². The Balaban J connectivity index is 1.81. The molecular formula is C17H16N2O. The Bertz CT molecular complexity index is 737. The van der Waals surface area contributed by atoms with Gasteiger partial charge in [0.2, 0.25) is 5.91 Å². The second-order valence-corrected chi connectivity index (χ2v) is 5.70. The van der Waals surface area contributed by atoms with Gasteiger partial charge in [-0.3, -0.25) is 4.79 Å². The molecular weight excluding hydrogens is 248 g/mol. The maximum Gasteiger partial charge on any atom is 0.227 e. The van der Waals surface area contributed by atoms with Crippen molar-refractivity contribution in [2.24, 2.45) is 5.92 Å². The zero-order valence-corrected chi connectivity index (χ0v) is 11.2. The lowest BCUT2D eigenvalue weighted by atomic mass is 9.95. The lowest BCUT2D eigenvalue weighted by Crippen LogP contribution is -2.35. The monoisotopic (exact) mass is 264 g/mol. The highest BCUT2D eigenvalue weighted by Crippen LogP contribution is 2.43. The number of terminal acetylenes is 1. The van der Waals surface area contributed by atoms with E-state index in [1.165, 1.54) is 22.2 Å². The molecule has 1 saturated heterocycles. The van der Waals surface area contributed by atoms with Crippen LogP contribution in [0.3, 0.4) is 0 Å². The molecule has 20 heavy (non-hydrogen) atoms. The van der Waals surface area contributed by atoms with Gasteiger partial charge in [-0.2, -0.15) is 0 Å². The predicted octanol–water partition coefficient (Wildman–Crippen LogP) is 2.64. The van der Waals surface area contributed by atoms with Gasteiger partial charge in [0.05, 0.1) is 12.0 Å². The topological polar surface area (TPSA) is 36.1 Å². The van der Waals surface area contributed by atoms with Crippen molar-refractivity contribution >= 4 is 16.8 Å². The number of H-pyrrole nitrogens is 1. The number of hydrogen-bond donors (Lipinski definition) is 1. The molecule has 2 aliphatic heterocycles. The van der Waals surface area contributed by atoms with Crippen LogP contribution in [0.4, 0.5) is 0 Å². The molecule has 1 N–H and O–H groups in total. The molecule has 0 bridgehead atoms. The molecule has 3 heteroatoms. The standard InChI is InChI=1S/C17H16N2O/c1-2-5-11-10-15-16-13(8-9-19(15)17(11)20)12-6-3-4-7-14(12)18-16/h1,3-4,6-7,11,15,18H,5,8-10H2/t11-,15+/m0/s1. The maximum atomic E-state index is 12.4. The fourth-order valence-electron chi connectivity index (χ4n) is 3.75. The first-order valence-corrected chi connectivity index (χ1v) is 7.13. The van der Waals surface area contributed by atoms with Crippen molar-refractivity contribution in [3.8, 4) is 12.3 Å². The molecule has 0 spiro atoms. The van der Waals surface area contributed by atoms with Crippen molar-refractivity contribution in [3.05, 3.63) is 35.5 Å². The Morgan fingerprint density at radius 2 is 2.25 bits per heavy atom. The molecule has 1 aromatic heterocycles. The molecule has 2 aliphatic rings. The SMILES string of the molecule is C#CC[C@H]1C[C@@H]2c3[nH]c4ccccc4c3CCN2C1=O. The van der Waals surface area contributed by atoms with Crippen LogP contribution in [-0.4, -0.2) is 22.3 Å². The third-order valence-electron chi connectivity index (χ3n) is 4.66. The first kappa shape index (κ1) is 11.6. The van der Waals surface area contributed by atoms with Crippen LogP contribution >= 0.6 is 0 Å². The molecule has 2 aromatic rings. The van der Waals surface area contributed by atoms with Crippen molar-refractivity contribution in [2.75, 3.05) is 6.54 Å². The van der Waals surface area contributed by atoms with Gasteiger partial charge in [0, 0.05) is 29.6 Å². The molecule has 2 atom stereocenters. The number of hydrogen-bond acceptors (Lipinski definition) is 1. The highest BCUT2D eigenvalue weighted by Gasteiger charge is 2.43. The number of para-hydroxylation sites is 1. The van der Waals surface area contributed by atoms with Crippen molar-refractivity contribution in [2.45, 2.75) is 25.3 Å². The third kappa shape index (κ3) is 1.45. The van der Waals surface area contributed by atoms with Crippen LogP contribution in [0.5, 0.6) is 0 Å². The van der Waals surface area contributed by atoms with E-state index in [-0.39, 0.29) is 17.9 Å². The summed E-state index contributed by atoms with van der Waals surface area (Å²) in [6.45, 7) is 0.819. The Labute approximate surface area is 118 Å². The summed E-state index contributed by atoms with van der Waals surface area (Å²) >= 11 is 0. The van der Waals surface area contributed by atoms with Crippen LogP contribution in [-0.2, 0) is 11.2 Å². The Morgan fingerprint density at radius 1 is 1.40 bits per heavy atom. The number of carbonyl (C=O) groups excluding carboxylic acids is 1. The summed E-state index contributed by atoms with van der Waals surface area (Å²) in [5.74, 6) is 2.88. The summed E-state index contributed by atoms with van der Waals surface area (Å²) < 4.78 is 0. The zero-order valence-electron chi connectivity index (χ0n) is 11.2. The third-order valence-corrected chi connectivity index (χ3v) is 4.66. The normalized spacial score (nSPS) is 24.6. The first-order chi connectivity index (χ1) is 9.79. The van der Waals surface area contributed by atoms with Crippen LogP contribution in [0.2, 0.25) is 0 Å². The molecule has 3 heterocycles. The minimum atomic E-state index is 0.00219. The van der Waals surface area contributed by atoms with E-state index in [0.717, 1.165) is 19.4 Å². The molecule has 3 nitrogen and oxygen atoms in total. The molecule has 1 fully saturated rings. The van der Waals surface area contributed by atoms with E-state index >= 15 is 0 Å². The number of fused-ring (bicyclic) bond motifs is 5. The molecule has 0 aliphatic carbocycles. The molecule has 0 unspecified atom stereocenters. The lowest BCUT2D eigenvalue weighted by molar-refractivity contribution is -0.132. The summed E-state index contributed by atoms with van der Waals surface area (Å²) in [7, 11) is 0. The maximum absolute atomic E-state index is 12.4. The van der Waals surface area contributed by atoms with Crippen LogP contribution in [0.25, 0.3) is 10.9 Å². The smallest absolute Gasteiger partial charge is 0.227 e. The van der Waals surface area contributed by atoms with Gasteiger partial charge < -0.3 is 9.88 Å². The lowest BCUT2D eigenvalue weighted by Gasteiger charge is -2.29. The van der Waals surface area contributed by atoms with Gasteiger partial charge in [0.25, 0.3) is 0 Å². The molecule has 1 aromatic carbocycles. The molecule has 1 amide bonds. The minimum Gasteiger partial charge on any atom is -0.356 e. The van der Waals surface area contributed by atoms with E-state index in [1.54, 1.807) is 0 Å². The van der Waals surface area contributed by atoms with Crippen LogP contribution in [0.1, 0.15) is 30.1 Å². The van der Waals surface area contributed by atoms with E-state index in [2.05, 4.69) is 29.1 Å². The van der Waals surface area contributed by atoms with E-state index < -0.39 is 0 Å². The highest BCUT2D eigenvalue weighted by atomic mass is 16.2. The fraction of sp³-hybridized carbons (Fsp3) is 0.353. The zero-order chi connectivity index (χ0) is 13.7. The van der Waals surface area contributed by atoms with E-state index in [9.17, 15) is 4.79 Å². The number of benzene rings is 1. The molecule has 4 rings (SSSR count). The number of aromatic amines is 1. The van der Waals surface area contributed by atoms with Crippen LogP contribution < -0.4 is 0 Å². The largest absolute Gasteiger partial charge is 0.356 e. The average Bonchev–Trinajstić information content (AvgIpc) is 2.99. The Kier molecular flexibility index (Phi) is 2.40. The van der Waals surface area contributed by atoms with Gasteiger partial charge in [-0.05, 0) is 24.5 Å². The summed E-state index contributed by atoms with van der Waals surface area (Å²) in [5.41, 5.74) is 3.79. The van der Waals surface area contributed by atoms with Gasteiger partial charge in [-0.15, -0.1) is 12.3 Å². The number of carbonyl (C=O) groups is 1. The molecule has 0 radical (unpaired) electrons. The van der Waals surface area contributed by atoms with Gasteiger partial charge in [0.15, 0.2) is 0 Å². The Hall–Kier alpha value is -2.21. The quantitative estimate of drug-likeness (QED) is 0.790. The van der Waals surface area contributed by atoms with Gasteiger partial charge in [-0.1, -0.05) is 18.2 Å². The second kappa shape index (κ2) is 4.14. The van der Waals surface area contributed by atoms with Crippen molar-refractivity contribution in [3.63, 3.8) is 0 Å². The van der Waals surface area contributed by atoms with E-state index in [0.29, 0.717) is 6.42 Å². The average molecular weight is 264 g/mol. The van der Waals surface area contributed by atoms with Crippen molar-refractivity contribution in [1.82, 2.24) is 9.88 Å². The van der Waals surface area contributed by atoms with Crippen LogP contribution in [0.15, 0.2) is 24.3 Å². The van der Waals surface area contributed by atoms with Crippen LogP contribution in [0, 0.1) is 18.3 Å². The number of nitrogens with one attached hydrogen (secondary N) is 1. The van der Waals surface area contributed by atoms with Gasteiger partial charge >= 0.3 is 0 Å². The first-order valence-electron chi connectivity index (χ1n) is 7.13. The van der Waals surface area contributed by atoms with E-state index in [1.807, 2.05) is 11.0 Å². The number of aromatic nitrogens is 1. The molecule has 100 valence electrons. The number of rotatable bonds is 1. The minimum absolute atomic E-state index is 0.00219. The fourth-order valence-corrected chi connectivity index (χ4v) is 3.75. The van der Waals surface area contributed by atoms with Crippen molar-refractivity contribution < 1.29 is 4.79 Å². The second-order valence-electron chi connectivity index (χ2n) is 5.70. The summed E-state index contributed by atoms with van der Waals surface area (Å²) in [5, 5.41) is 1.30. The van der Waals surface area contributed by atoms with Gasteiger partial charge in [0.1, 0.15) is 0 Å². The summed E-state index contributed by atoms with van der Waals surface area (Å²) in [6.07, 6.45) is 7.73. The number of amides is 1. The predicted molar refractivity (Wildman–Crippen MR) is 78.0 cm³/mol. The summed E-state index contributed by atoms with van der Waals surface area (Å²) in [4.78, 5) is 17.9. The van der Waals surface area contributed by atoms with Crippen molar-refractivity contribution in [1.29, 1.82) is 0 Å². The number of nitrogens with zero attached hydrogens (tertiary/aromatic N) is 1. The molecule has 0 saturated carbocycles.